The highest BCUT2D eigenvalue weighted by Gasteiger charge is 2.22. The van der Waals surface area contributed by atoms with Gasteiger partial charge in [-0.3, -0.25) is 39.1 Å². The first-order chi connectivity index (χ1) is 30.4. The van der Waals surface area contributed by atoms with Crippen LogP contribution in [0.3, 0.4) is 0 Å². The lowest BCUT2D eigenvalue weighted by molar-refractivity contribution is -0.134. The van der Waals surface area contributed by atoms with Gasteiger partial charge in [0, 0.05) is 46.1 Å². The summed E-state index contributed by atoms with van der Waals surface area (Å²) in [5.74, 6) is -6.79. The standard InChI is InChI=1S/C17H9BrF2N4.C16H7BrF2N2O2.C9H24N4.C2H4O2.H3N/c18-10-6-15-13(21-7-10)3-4-14(24-15)17-16(22-8-23-17)9-1-2-11(19)12(20)5-9;17-9-6-14-12(20-7-9)3-4-13(21-14)16(23)15(22)8-1-2-10(18)11(19)5-8;1-5-11(3)8-13(6-2)9-12(4)7-10;1-2(3)4;/h1-8H,(H,22,23);1-7H;5-10H2,1-4H3;1H3,(H,3,4);1H3. The second-order valence-electron chi connectivity index (χ2n) is 13.8. The van der Waals surface area contributed by atoms with Gasteiger partial charge in [0.05, 0.1) is 58.8 Å². The first-order valence-electron chi connectivity index (χ1n) is 19.3. The monoisotopic (exact) mass is 1030 g/mol. The van der Waals surface area contributed by atoms with Crippen molar-refractivity contribution in [1.29, 1.82) is 0 Å². The summed E-state index contributed by atoms with van der Waals surface area (Å²) in [6, 6.07) is 16.3. The number of hydrogen-bond donors (Lipinski definition) is 4. The summed E-state index contributed by atoms with van der Waals surface area (Å²) in [6.45, 7) is 10.1. The number of aliphatic carboxylic acids is 1. The van der Waals surface area contributed by atoms with Crippen molar-refractivity contribution in [3.8, 4) is 22.6 Å². The number of carbonyl (C=O) groups is 3. The van der Waals surface area contributed by atoms with Crippen LogP contribution in [-0.4, -0.2) is 114 Å². The van der Waals surface area contributed by atoms with Crippen LogP contribution in [0.5, 0.6) is 0 Å². The van der Waals surface area contributed by atoms with Crippen LogP contribution in [0, 0.1) is 23.3 Å². The summed E-state index contributed by atoms with van der Waals surface area (Å²) in [5, 5.41) is 7.42. The maximum Gasteiger partial charge on any atom is 0.300 e. The second-order valence-corrected chi connectivity index (χ2v) is 15.6. The lowest BCUT2D eigenvalue weighted by Gasteiger charge is -2.29. The number of H-pyrrole nitrogens is 1. The third kappa shape index (κ3) is 15.6. The zero-order chi connectivity index (χ0) is 47.1. The quantitative estimate of drug-likeness (QED) is 0.0389. The molecule has 0 aliphatic rings. The number of halogens is 6. The maximum absolute atomic E-state index is 13.5. The molecule has 15 nitrogen and oxygen atoms in total. The number of nitrogens with two attached hydrogens (primary N) is 1. The number of hydrogen-bond acceptors (Lipinski definition) is 13. The van der Waals surface area contributed by atoms with E-state index in [1.54, 1.807) is 30.6 Å². The molecule has 7 aromatic rings. The van der Waals surface area contributed by atoms with Crippen molar-refractivity contribution in [2.45, 2.75) is 20.8 Å². The minimum Gasteiger partial charge on any atom is -0.481 e. The lowest BCUT2D eigenvalue weighted by Crippen LogP contribution is -2.43. The molecular weight excluding hydrogens is 982 g/mol. The van der Waals surface area contributed by atoms with Gasteiger partial charge in [-0.15, -0.1) is 0 Å². The Balaban J connectivity index is 0.000000257. The second kappa shape index (κ2) is 25.5. The summed E-state index contributed by atoms with van der Waals surface area (Å²) < 4.78 is 54.3. The van der Waals surface area contributed by atoms with Crippen LogP contribution >= 0.6 is 31.9 Å². The topological polar surface area (TPSA) is 222 Å². The molecule has 0 aliphatic carbocycles. The van der Waals surface area contributed by atoms with Crippen LogP contribution in [0.4, 0.5) is 17.6 Å². The van der Waals surface area contributed by atoms with Gasteiger partial charge in [-0.25, -0.2) is 32.5 Å². The molecule has 2 aromatic carbocycles. The first kappa shape index (κ1) is 53.4. The maximum atomic E-state index is 13.5. The van der Waals surface area contributed by atoms with Crippen LogP contribution in [0.1, 0.15) is 41.6 Å². The number of fused-ring (bicyclic) bond motifs is 2. The van der Waals surface area contributed by atoms with Gasteiger partial charge in [-0.1, -0.05) is 13.8 Å². The highest BCUT2D eigenvalue weighted by molar-refractivity contribution is 9.10. The summed E-state index contributed by atoms with van der Waals surface area (Å²) in [7, 11) is 4.17. The molecule has 0 radical (unpaired) electrons. The number of carboxylic acids is 1. The first-order valence-corrected chi connectivity index (χ1v) is 20.9. The number of rotatable bonds is 12. The number of nitrogens with zero attached hydrogens (tertiary/aromatic N) is 8. The Morgan fingerprint density at radius 2 is 1.25 bits per heavy atom. The number of carboxylic acid groups (broad SMARTS) is 1. The number of pyridine rings is 4. The summed E-state index contributed by atoms with van der Waals surface area (Å²) in [5.41, 5.74) is 9.91. The van der Waals surface area contributed by atoms with E-state index in [1.165, 1.54) is 18.5 Å². The smallest absolute Gasteiger partial charge is 0.300 e. The van der Waals surface area contributed by atoms with Gasteiger partial charge in [0.2, 0.25) is 5.78 Å². The van der Waals surface area contributed by atoms with Crippen LogP contribution < -0.4 is 11.9 Å². The average molecular weight is 1030 g/mol. The molecular formula is C44H47Br2F4N11O4. The molecule has 7 N–H and O–H groups in total. The number of carbonyl (C=O) groups excluding carboxylic acids is 2. The van der Waals surface area contributed by atoms with E-state index in [0.29, 0.717) is 56.4 Å². The van der Waals surface area contributed by atoms with E-state index in [2.05, 4.69) is 97.4 Å². The Morgan fingerprint density at radius 3 is 1.80 bits per heavy atom. The minimum atomic E-state index is -1.19. The molecule has 5 heterocycles. The van der Waals surface area contributed by atoms with E-state index in [4.69, 9.17) is 15.6 Å². The van der Waals surface area contributed by atoms with Gasteiger partial charge in [0.15, 0.2) is 23.3 Å². The molecule has 7 rings (SSSR count). The van der Waals surface area contributed by atoms with Crippen LogP contribution in [0.15, 0.2) is 100 Å². The number of nitrogens with one attached hydrogen (secondary N) is 1. The summed E-state index contributed by atoms with van der Waals surface area (Å²) in [6.07, 6.45) is 4.78. The fraction of sp³-hybridized carbons (Fsp3) is 0.227. The Labute approximate surface area is 389 Å². The Kier molecular flexibility index (Phi) is 21.0. The van der Waals surface area contributed by atoms with E-state index >= 15 is 0 Å². The normalized spacial score (nSPS) is 10.7. The Hall–Kier alpha value is -5.94. The average Bonchev–Trinajstić information content (AvgIpc) is 3.77. The molecule has 0 bridgehead atoms. The summed E-state index contributed by atoms with van der Waals surface area (Å²) in [4.78, 5) is 64.4. The molecule has 21 heteroatoms. The van der Waals surface area contributed by atoms with E-state index in [-0.39, 0.29) is 17.4 Å². The molecule has 0 saturated carbocycles. The van der Waals surface area contributed by atoms with Gasteiger partial charge in [-0.05, 0) is 132 Å². The number of imidazole rings is 1. The number of aromatic amines is 1. The van der Waals surface area contributed by atoms with E-state index in [1.807, 2.05) is 19.2 Å². The highest BCUT2D eigenvalue weighted by Crippen LogP contribution is 2.30. The molecule has 0 fully saturated rings. The van der Waals surface area contributed by atoms with Crippen molar-refractivity contribution < 1.29 is 37.1 Å². The molecule has 65 heavy (non-hydrogen) atoms. The van der Waals surface area contributed by atoms with Gasteiger partial charge < -0.3 is 22.0 Å². The van der Waals surface area contributed by atoms with Crippen LogP contribution in [0.25, 0.3) is 44.7 Å². The Morgan fingerprint density at radius 1 is 0.692 bits per heavy atom. The fourth-order valence-corrected chi connectivity index (χ4v) is 6.19. The van der Waals surface area contributed by atoms with Gasteiger partial charge in [0.1, 0.15) is 5.69 Å². The molecule has 5 aromatic heterocycles. The predicted octanol–water partition coefficient (Wildman–Crippen LogP) is 8.74. The lowest BCUT2D eigenvalue weighted by atomic mass is 10.0. The molecule has 0 saturated heterocycles. The van der Waals surface area contributed by atoms with Gasteiger partial charge >= 0.3 is 0 Å². The van der Waals surface area contributed by atoms with Crippen molar-refractivity contribution in [2.75, 3.05) is 47.2 Å². The van der Waals surface area contributed by atoms with Crippen molar-refractivity contribution in [2.24, 2.45) is 5.73 Å². The van der Waals surface area contributed by atoms with Crippen molar-refractivity contribution >= 4 is 71.5 Å². The van der Waals surface area contributed by atoms with E-state index in [9.17, 15) is 27.2 Å². The van der Waals surface area contributed by atoms with Gasteiger partial charge in [0.25, 0.3) is 11.8 Å². The zero-order valence-corrected chi connectivity index (χ0v) is 39.2. The molecule has 0 spiro atoms. The van der Waals surface area contributed by atoms with Crippen molar-refractivity contribution in [3.63, 3.8) is 0 Å². The van der Waals surface area contributed by atoms with Crippen LogP contribution in [0.2, 0.25) is 0 Å². The number of Topliss-reactive ketones (excluding diaryl/α,β-unsaturated/α-hetero) is 2. The zero-order valence-electron chi connectivity index (χ0n) is 36.0. The summed E-state index contributed by atoms with van der Waals surface area (Å²) >= 11 is 6.61. The molecule has 0 amide bonds. The largest absolute Gasteiger partial charge is 0.481 e. The minimum absolute atomic E-state index is 0. The highest BCUT2D eigenvalue weighted by atomic mass is 79.9. The van der Waals surface area contributed by atoms with Crippen LogP contribution in [-0.2, 0) is 4.79 Å². The number of ketones is 2. The number of aromatic nitrogens is 6. The van der Waals surface area contributed by atoms with Crippen molar-refractivity contribution in [1.82, 2.24) is 50.8 Å². The van der Waals surface area contributed by atoms with E-state index in [0.717, 1.165) is 67.6 Å². The third-order valence-electron chi connectivity index (χ3n) is 8.90. The molecule has 0 unspecified atom stereocenters. The SMILES string of the molecule is CC(=O)O.CCN(C)CN(CC)CN(C)CN.Fc1ccc(-c2nc[nH]c2-c2ccc3ncc(Br)cc3n2)cc1F.N.O=C(C(=O)c1ccc2ncc(Br)cc2n1)c1ccc(F)c(F)c1. The molecule has 0 atom stereocenters. The van der Waals surface area contributed by atoms with Crippen molar-refractivity contribution in [3.05, 3.63) is 135 Å². The third-order valence-corrected chi connectivity index (χ3v) is 9.77. The molecule has 344 valence electrons. The van der Waals surface area contributed by atoms with Gasteiger partial charge in [-0.2, -0.15) is 0 Å². The molecule has 0 aliphatic heterocycles. The predicted molar refractivity (Wildman–Crippen MR) is 248 cm³/mol. The van der Waals surface area contributed by atoms with E-state index < -0.39 is 40.8 Å². The fourth-order valence-electron chi connectivity index (χ4n) is 5.55. The number of benzene rings is 2. The Bertz CT molecular complexity index is 2710.